The number of aliphatic hydroxyl groups excluding tert-OH is 2. The Morgan fingerprint density at radius 1 is 1.25 bits per heavy atom. The summed E-state index contributed by atoms with van der Waals surface area (Å²) < 4.78 is 5.75. The number of hydrogen-bond acceptors (Lipinski definition) is 6. The van der Waals surface area contributed by atoms with Crippen molar-refractivity contribution in [2.24, 2.45) is 34.0 Å². The summed E-state index contributed by atoms with van der Waals surface area (Å²) >= 11 is 0. The molecule has 3 heterocycles. The third-order valence-electron chi connectivity index (χ3n) is 10.6. The number of hydrogen-bond donors (Lipinski definition) is 3. The monoisotopic (exact) mass is 387 g/mol. The minimum atomic E-state index is -1.20. The Balaban J connectivity index is 1.49. The van der Waals surface area contributed by atoms with Crippen molar-refractivity contribution in [1.29, 1.82) is 0 Å². The summed E-state index contributed by atoms with van der Waals surface area (Å²) in [5.41, 5.74) is -1.07. The molecule has 2 spiro atoms. The first-order valence-corrected chi connectivity index (χ1v) is 10.8. The molecule has 0 radical (unpaired) electrons. The van der Waals surface area contributed by atoms with Gasteiger partial charge < -0.3 is 20.1 Å². The molecule has 0 aromatic rings. The lowest BCUT2D eigenvalue weighted by molar-refractivity contribution is -0.280. The molecule has 7 unspecified atom stereocenters. The van der Waals surface area contributed by atoms with Gasteiger partial charge in [-0.1, -0.05) is 19.1 Å². The average Bonchev–Trinajstić information content (AvgIpc) is 2.97. The van der Waals surface area contributed by atoms with Gasteiger partial charge in [0.2, 0.25) is 0 Å². The molecule has 6 nitrogen and oxygen atoms in total. The van der Waals surface area contributed by atoms with Gasteiger partial charge in [-0.05, 0) is 37.0 Å². The van der Waals surface area contributed by atoms with Crippen LogP contribution in [0.15, 0.2) is 12.2 Å². The Labute approximate surface area is 164 Å². The number of fused-ring (bicyclic) bond motifs is 1. The van der Waals surface area contributed by atoms with Crippen molar-refractivity contribution in [2.75, 3.05) is 6.54 Å². The fourth-order valence-corrected chi connectivity index (χ4v) is 11.0. The van der Waals surface area contributed by atoms with Crippen LogP contribution in [0.5, 0.6) is 0 Å². The largest absolute Gasteiger partial charge is 0.463 e. The van der Waals surface area contributed by atoms with Crippen LogP contribution in [0.3, 0.4) is 0 Å². The second-order valence-corrected chi connectivity index (χ2v) is 11.5. The van der Waals surface area contributed by atoms with Gasteiger partial charge in [0.25, 0.3) is 0 Å². The van der Waals surface area contributed by atoms with Crippen molar-refractivity contribution in [3.05, 3.63) is 12.2 Å². The third-order valence-corrected chi connectivity index (χ3v) is 10.6. The number of piperidine rings is 2. The highest BCUT2D eigenvalue weighted by Crippen LogP contribution is 2.88. The summed E-state index contributed by atoms with van der Waals surface area (Å²) in [5, 5.41) is 35.1. The van der Waals surface area contributed by atoms with Crippen LogP contribution < -0.4 is 0 Å². The summed E-state index contributed by atoms with van der Waals surface area (Å²) in [7, 11) is 0. The van der Waals surface area contributed by atoms with Crippen LogP contribution >= 0.6 is 0 Å². The van der Waals surface area contributed by atoms with E-state index in [2.05, 4.69) is 18.4 Å². The Morgan fingerprint density at radius 3 is 2.71 bits per heavy atom. The molecule has 0 aromatic carbocycles. The van der Waals surface area contributed by atoms with Crippen LogP contribution in [0.2, 0.25) is 0 Å². The summed E-state index contributed by atoms with van der Waals surface area (Å²) in [6, 6.07) is 0.245. The van der Waals surface area contributed by atoms with E-state index in [-0.39, 0.29) is 34.9 Å². The fourth-order valence-electron chi connectivity index (χ4n) is 11.0. The number of ether oxygens (including phenoxy) is 1. The van der Waals surface area contributed by atoms with E-state index in [9.17, 15) is 20.1 Å². The van der Waals surface area contributed by atoms with Crippen molar-refractivity contribution in [3.8, 4) is 0 Å². The topological polar surface area (TPSA) is 90.2 Å². The number of esters is 1. The van der Waals surface area contributed by atoms with Crippen LogP contribution in [-0.4, -0.2) is 68.7 Å². The second-order valence-electron chi connectivity index (χ2n) is 11.5. The van der Waals surface area contributed by atoms with Gasteiger partial charge in [-0.15, -0.1) is 0 Å². The van der Waals surface area contributed by atoms with Gasteiger partial charge in [-0.25, -0.2) is 0 Å². The van der Waals surface area contributed by atoms with Crippen LogP contribution in [0.4, 0.5) is 0 Å². The molecular weight excluding hydrogens is 358 g/mol. The summed E-state index contributed by atoms with van der Waals surface area (Å²) in [4.78, 5) is 14.3. The highest BCUT2D eigenvalue weighted by Gasteiger charge is 2.94. The molecule has 9 rings (SSSR count). The standard InChI is InChI=1S/C22H29NO5/c1-9-4-20-7-12-15-19(3)5-11(28-10(2)24)6-21(15)16(20)14(25)13(9)17(26)22(20,27)18(21)23(12)8-19/h11-18,25-27H,1,4-8H2,2-3H3/t11?,12-,13?,14+,15?,16?,17-,18-,19-,20+,21?,22?/m0/s1. The first-order chi connectivity index (χ1) is 13.1. The lowest BCUT2D eigenvalue weighted by atomic mass is 9.39. The first-order valence-electron chi connectivity index (χ1n) is 10.8. The molecule has 9 fully saturated rings. The quantitative estimate of drug-likeness (QED) is 0.447. The van der Waals surface area contributed by atoms with E-state index in [0.29, 0.717) is 24.8 Å². The van der Waals surface area contributed by atoms with E-state index in [0.717, 1.165) is 25.0 Å². The minimum absolute atomic E-state index is 0.0237. The SMILES string of the molecule is C=C1C[C@]23C[C@H]4C5C67CC(OC(C)=O)C[C@@]5(C)CN4[C@@H]6C2(O)[C@@H](O)C1[C@@H](O)C73. The van der Waals surface area contributed by atoms with Crippen molar-refractivity contribution < 1.29 is 24.9 Å². The zero-order chi connectivity index (χ0) is 19.6. The molecule has 9 aliphatic rings. The Morgan fingerprint density at radius 2 is 2.00 bits per heavy atom. The van der Waals surface area contributed by atoms with Gasteiger partial charge in [-0.2, -0.15) is 0 Å². The molecule has 6 aliphatic carbocycles. The molecule has 0 aromatic heterocycles. The zero-order valence-corrected chi connectivity index (χ0v) is 16.5. The maximum Gasteiger partial charge on any atom is 0.302 e. The molecular formula is C22H29NO5. The summed E-state index contributed by atoms with van der Waals surface area (Å²) in [5.74, 6) is -0.379. The van der Waals surface area contributed by atoms with E-state index in [1.165, 1.54) is 6.92 Å². The van der Waals surface area contributed by atoms with Crippen LogP contribution in [0.25, 0.3) is 0 Å². The lowest BCUT2D eigenvalue weighted by Gasteiger charge is -2.67. The number of aliphatic hydroxyl groups is 3. The van der Waals surface area contributed by atoms with Gasteiger partial charge in [0.15, 0.2) is 0 Å². The lowest BCUT2D eigenvalue weighted by Crippen LogP contribution is -2.76. The van der Waals surface area contributed by atoms with Crippen LogP contribution in [0.1, 0.15) is 39.5 Å². The average molecular weight is 387 g/mol. The number of nitrogens with zero attached hydrogens (tertiary/aromatic N) is 1. The summed E-state index contributed by atoms with van der Waals surface area (Å²) in [6.45, 7) is 8.85. The summed E-state index contributed by atoms with van der Waals surface area (Å²) in [6.07, 6.45) is 1.27. The normalized spacial score (nSPS) is 69.3. The van der Waals surface area contributed by atoms with Crippen molar-refractivity contribution in [3.63, 3.8) is 0 Å². The maximum atomic E-state index is 12.2. The Hall–Kier alpha value is -0.950. The van der Waals surface area contributed by atoms with E-state index >= 15 is 0 Å². The highest BCUT2D eigenvalue weighted by atomic mass is 16.5. The van der Waals surface area contributed by atoms with Crippen molar-refractivity contribution in [2.45, 2.75) is 75.5 Å². The number of carbonyl (C=O) groups is 1. The third kappa shape index (κ3) is 1.26. The van der Waals surface area contributed by atoms with Crippen LogP contribution in [-0.2, 0) is 9.53 Å². The van der Waals surface area contributed by atoms with Gasteiger partial charge in [0, 0.05) is 48.2 Å². The number of carbonyl (C=O) groups excluding carboxylic acids is 1. The van der Waals surface area contributed by atoms with Crippen molar-refractivity contribution in [1.82, 2.24) is 4.90 Å². The van der Waals surface area contributed by atoms with E-state index < -0.39 is 29.1 Å². The molecule has 6 saturated carbocycles. The first kappa shape index (κ1) is 16.8. The van der Waals surface area contributed by atoms with E-state index in [4.69, 9.17) is 4.74 Å². The molecule has 0 amide bonds. The Bertz CT molecular complexity index is 860. The molecule has 28 heavy (non-hydrogen) atoms. The predicted octanol–water partition coefficient (Wildman–Crippen LogP) is 0.450. The molecule has 6 heteroatoms. The molecule has 13 atom stereocenters. The fraction of sp³-hybridized carbons (Fsp3) is 0.864. The van der Waals surface area contributed by atoms with Gasteiger partial charge in [0.05, 0.1) is 12.2 Å². The second kappa shape index (κ2) is 4.25. The zero-order valence-electron chi connectivity index (χ0n) is 16.5. The predicted molar refractivity (Wildman–Crippen MR) is 97.9 cm³/mol. The van der Waals surface area contributed by atoms with Crippen molar-refractivity contribution >= 4 is 5.97 Å². The molecule has 3 saturated heterocycles. The van der Waals surface area contributed by atoms with Gasteiger partial charge >= 0.3 is 5.97 Å². The molecule has 9 bridgehead atoms. The smallest absolute Gasteiger partial charge is 0.302 e. The molecule has 3 aliphatic heterocycles. The Kier molecular flexibility index (Phi) is 2.55. The minimum Gasteiger partial charge on any atom is -0.463 e. The molecule has 152 valence electrons. The number of rotatable bonds is 1. The van der Waals surface area contributed by atoms with Gasteiger partial charge in [-0.3, -0.25) is 9.69 Å². The van der Waals surface area contributed by atoms with E-state index in [1.807, 2.05) is 0 Å². The maximum absolute atomic E-state index is 12.2. The highest BCUT2D eigenvalue weighted by molar-refractivity contribution is 5.66. The van der Waals surface area contributed by atoms with Crippen LogP contribution in [0, 0.1) is 34.0 Å². The molecule has 3 N–H and O–H groups in total. The van der Waals surface area contributed by atoms with E-state index in [1.54, 1.807) is 0 Å². The van der Waals surface area contributed by atoms with Gasteiger partial charge in [0.1, 0.15) is 11.7 Å².